The maximum absolute atomic E-state index is 12.5. The molecule has 0 spiro atoms. The van der Waals surface area contributed by atoms with Gasteiger partial charge in [0.1, 0.15) is 5.02 Å². The van der Waals surface area contributed by atoms with E-state index in [0.29, 0.717) is 39.4 Å². The molecule has 2 heterocycles. The van der Waals surface area contributed by atoms with Gasteiger partial charge in [-0.15, -0.1) is 0 Å². The Morgan fingerprint density at radius 2 is 1.69 bits per heavy atom. The molecule has 0 aliphatic carbocycles. The largest absolute Gasteiger partial charge is 0.339 e. The summed E-state index contributed by atoms with van der Waals surface area (Å²) in [7, 11) is -3.56. The fourth-order valence-electron chi connectivity index (χ4n) is 2.62. The lowest BCUT2D eigenvalue weighted by Gasteiger charge is -2.14. The van der Waals surface area contributed by atoms with Gasteiger partial charge in [-0.2, -0.15) is 4.98 Å². The zero-order valence-electron chi connectivity index (χ0n) is 13.4. The Morgan fingerprint density at radius 1 is 0.962 bits per heavy atom. The summed E-state index contributed by atoms with van der Waals surface area (Å²) in [6, 6.07) is 14.0. The van der Waals surface area contributed by atoms with E-state index >= 15 is 0 Å². The van der Waals surface area contributed by atoms with E-state index in [1.807, 2.05) is 6.07 Å². The molecule has 0 unspecified atom stereocenters. The first-order chi connectivity index (χ1) is 12.5. The number of fused-ring (bicyclic) bond motifs is 6. The van der Waals surface area contributed by atoms with Crippen LogP contribution in [0, 0.1) is 0 Å². The van der Waals surface area contributed by atoms with Crippen LogP contribution in [-0.4, -0.2) is 18.4 Å². The minimum absolute atomic E-state index is 0.146. The highest BCUT2D eigenvalue weighted by atomic mass is 35.5. The molecule has 26 heavy (non-hydrogen) atoms. The number of anilines is 5. The number of rotatable bonds is 0. The van der Waals surface area contributed by atoms with E-state index in [4.69, 9.17) is 11.6 Å². The van der Waals surface area contributed by atoms with Crippen molar-refractivity contribution < 1.29 is 8.42 Å². The summed E-state index contributed by atoms with van der Waals surface area (Å²) in [5.41, 5.74) is 2.42. The molecule has 2 aromatic carbocycles. The van der Waals surface area contributed by atoms with Gasteiger partial charge >= 0.3 is 0 Å². The van der Waals surface area contributed by atoms with Crippen molar-refractivity contribution in [2.24, 2.45) is 0 Å². The molecule has 7 nitrogen and oxygen atoms in total. The predicted molar refractivity (Wildman–Crippen MR) is 103 cm³/mol. The molecule has 0 amide bonds. The van der Waals surface area contributed by atoms with E-state index in [1.54, 1.807) is 42.5 Å². The molecule has 1 aromatic heterocycles. The number of sulfonamides is 1. The highest BCUT2D eigenvalue weighted by Gasteiger charge is 2.14. The van der Waals surface area contributed by atoms with Gasteiger partial charge in [0.2, 0.25) is 16.0 Å². The van der Waals surface area contributed by atoms with E-state index in [1.165, 1.54) is 6.20 Å². The summed E-state index contributed by atoms with van der Waals surface area (Å²) in [6.07, 6.45) is 1.50. The first-order valence-corrected chi connectivity index (χ1v) is 9.76. The summed E-state index contributed by atoms with van der Waals surface area (Å²) in [6.45, 7) is 0. The second kappa shape index (κ2) is 6.47. The Bertz CT molecular complexity index is 1090. The lowest BCUT2D eigenvalue weighted by molar-refractivity contribution is 0.600. The first kappa shape index (κ1) is 16.6. The zero-order valence-corrected chi connectivity index (χ0v) is 15.0. The molecule has 3 N–H and O–H groups in total. The molecule has 0 radical (unpaired) electrons. The second-order valence-electron chi connectivity index (χ2n) is 5.78. The minimum atomic E-state index is -3.56. The SMILES string of the molecule is O=S1(=O)Cc2cccc(c2)Nc2ncc(Cl)c(n2)Nc2cccc(c2)N1. The third kappa shape index (κ3) is 3.71. The molecule has 0 saturated heterocycles. The molecule has 4 rings (SSSR count). The van der Waals surface area contributed by atoms with Gasteiger partial charge in [-0.25, -0.2) is 13.4 Å². The van der Waals surface area contributed by atoms with Gasteiger partial charge in [0.05, 0.1) is 17.6 Å². The predicted octanol–water partition coefficient (Wildman–Crippen LogP) is 3.87. The lowest BCUT2D eigenvalue weighted by Crippen LogP contribution is -2.15. The van der Waals surface area contributed by atoms with Crippen molar-refractivity contribution in [2.75, 3.05) is 15.4 Å². The van der Waals surface area contributed by atoms with Crippen LogP contribution in [0.1, 0.15) is 5.56 Å². The van der Waals surface area contributed by atoms with Gasteiger partial charge in [0.25, 0.3) is 0 Å². The van der Waals surface area contributed by atoms with Crippen LogP contribution in [-0.2, 0) is 15.8 Å². The van der Waals surface area contributed by atoms with Crippen LogP contribution in [0.15, 0.2) is 54.7 Å². The third-order valence-corrected chi connectivity index (χ3v) is 5.22. The van der Waals surface area contributed by atoms with Crippen molar-refractivity contribution in [3.63, 3.8) is 0 Å². The Kier molecular flexibility index (Phi) is 4.14. The van der Waals surface area contributed by atoms with Crippen LogP contribution in [0.5, 0.6) is 0 Å². The number of halogens is 1. The minimum Gasteiger partial charge on any atom is -0.339 e. The Hall–Kier alpha value is -2.84. The highest BCUT2D eigenvalue weighted by Crippen LogP contribution is 2.27. The van der Waals surface area contributed by atoms with E-state index in [9.17, 15) is 8.42 Å². The molecule has 1 aliphatic heterocycles. The van der Waals surface area contributed by atoms with Gasteiger partial charge < -0.3 is 10.6 Å². The summed E-state index contributed by atoms with van der Waals surface area (Å²) >= 11 is 6.18. The molecule has 6 bridgehead atoms. The second-order valence-corrected chi connectivity index (χ2v) is 7.91. The quantitative estimate of drug-likeness (QED) is 0.542. The molecule has 3 aromatic rings. The molecular weight excluding hydrogens is 374 g/mol. The highest BCUT2D eigenvalue weighted by molar-refractivity contribution is 7.91. The molecule has 0 saturated carbocycles. The molecule has 9 heteroatoms. The van der Waals surface area contributed by atoms with Crippen LogP contribution in [0.4, 0.5) is 28.8 Å². The number of hydrogen-bond donors (Lipinski definition) is 3. The van der Waals surface area contributed by atoms with Crippen LogP contribution < -0.4 is 15.4 Å². The maximum Gasteiger partial charge on any atom is 0.236 e. The number of benzene rings is 2. The molecule has 1 aliphatic rings. The van der Waals surface area contributed by atoms with Crippen molar-refractivity contribution in [1.82, 2.24) is 9.97 Å². The van der Waals surface area contributed by atoms with Gasteiger partial charge in [-0.1, -0.05) is 29.8 Å². The van der Waals surface area contributed by atoms with Crippen molar-refractivity contribution in [3.8, 4) is 0 Å². The number of nitrogens with zero attached hydrogens (tertiary/aromatic N) is 2. The van der Waals surface area contributed by atoms with Crippen LogP contribution in [0.2, 0.25) is 5.02 Å². The monoisotopic (exact) mass is 387 g/mol. The van der Waals surface area contributed by atoms with E-state index in [0.717, 1.165) is 0 Å². The Morgan fingerprint density at radius 3 is 2.54 bits per heavy atom. The van der Waals surface area contributed by atoms with Gasteiger partial charge in [-0.3, -0.25) is 4.72 Å². The van der Waals surface area contributed by atoms with Crippen LogP contribution in [0.25, 0.3) is 0 Å². The van der Waals surface area contributed by atoms with Crippen molar-refractivity contribution in [2.45, 2.75) is 5.75 Å². The normalized spacial score (nSPS) is 15.0. The average Bonchev–Trinajstić information content (AvgIpc) is 2.57. The molecule has 0 fully saturated rings. The number of aromatic nitrogens is 2. The Balaban J connectivity index is 1.85. The van der Waals surface area contributed by atoms with Crippen molar-refractivity contribution >= 4 is 50.5 Å². The maximum atomic E-state index is 12.5. The number of nitrogens with one attached hydrogen (secondary N) is 3. The lowest BCUT2D eigenvalue weighted by atomic mass is 10.2. The van der Waals surface area contributed by atoms with Crippen molar-refractivity contribution in [3.05, 3.63) is 65.3 Å². The van der Waals surface area contributed by atoms with E-state index < -0.39 is 10.0 Å². The summed E-state index contributed by atoms with van der Waals surface area (Å²) in [5.74, 6) is 0.619. The summed E-state index contributed by atoms with van der Waals surface area (Å²) < 4.78 is 27.5. The van der Waals surface area contributed by atoms with Gasteiger partial charge in [0.15, 0.2) is 5.82 Å². The van der Waals surface area contributed by atoms with Gasteiger partial charge in [0, 0.05) is 11.4 Å². The van der Waals surface area contributed by atoms with E-state index in [-0.39, 0.29) is 5.75 Å². The average molecular weight is 388 g/mol. The smallest absolute Gasteiger partial charge is 0.236 e. The zero-order chi connectivity index (χ0) is 18.1. The molecule has 0 atom stereocenters. The third-order valence-electron chi connectivity index (χ3n) is 3.68. The fourth-order valence-corrected chi connectivity index (χ4v) is 3.93. The first-order valence-electron chi connectivity index (χ1n) is 7.73. The summed E-state index contributed by atoms with van der Waals surface area (Å²) in [5, 5.41) is 6.49. The van der Waals surface area contributed by atoms with Crippen LogP contribution in [0.3, 0.4) is 0 Å². The van der Waals surface area contributed by atoms with Gasteiger partial charge in [-0.05, 0) is 35.9 Å². The fraction of sp³-hybridized carbons (Fsp3) is 0.0588. The topological polar surface area (TPSA) is 96.0 Å². The molecule has 132 valence electrons. The number of hydrogen-bond acceptors (Lipinski definition) is 6. The van der Waals surface area contributed by atoms with Crippen molar-refractivity contribution in [1.29, 1.82) is 0 Å². The Labute approximate surface area is 155 Å². The van der Waals surface area contributed by atoms with E-state index in [2.05, 4.69) is 25.3 Å². The standard InChI is InChI=1S/C17H14ClN5O2S/c18-15-9-19-17-21-12-4-1-3-11(7-12)10-26(24,25)23-14-6-2-5-13(8-14)20-16(15)22-17/h1-9,23H,10H2,(H2,19,20,21,22). The summed E-state index contributed by atoms with van der Waals surface area (Å²) in [4.78, 5) is 8.56. The molecular formula is C17H14ClN5O2S. The van der Waals surface area contributed by atoms with Crippen LogP contribution >= 0.6 is 11.6 Å².